The van der Waals surface area contributed by atoms with Gasteiger partial charge in [-0.25, -0.2) is 0 Å². The van der Waals surface area contributed by atoms with E-state index in [0.29, 0.717) is 23.0 Å². The van der Waals surface area contributed by atoms with Crippen LogP contribution in [0.1, 0.15) is 54.8 Å². The highest BCUT2D eigenvalue weighted by molar-refractivity contribution is 7.99. The average Bonchev–Trinajstić information content (AvgIpc) is 3.03. The van der Waals surface area contributed by atoms with Crippen molar-refractivity contribution in [1.82, 2.24) is 15.5 Å². The van der Waals surface area contributed by atoms with Gasteiger partial charge in [-0.15, -0.1) is 11.8 Å². The molecule has 2 aromatic rings. The maximum Gasteiger partial charge on any atom is 0.251 e. The number of amides is 1. The molecule has 0 aliphatic rings. The molecule has 2 N–H and O–H groups in total. The van der Waals surface area contributed by atoms with E-state index < -0.39 is 0 Å². The molecule has 0 bridgehead atoms. The molecule has 23 heavy (non-hydrogen) atoms. The lowest BCUT2D eigenvalue weighted by Crippen LogP contribution is -2.26. The van der Waals surface area contributed by atoms with Crippen LogP contribution in [0.4, 0.5) is 0 Å². The summed E-state index contributed by atoms with van der Waals surface area (Å²) in [5.41, 5.74) is 0.564. The number of aromatic nitrogens is 2. The van der Waals surface area contributed by atoms with Crippen LogP contribution in [0.5, 0.6) is 0 Å². The molecule has 2 rings (SSSR count). The Morgan fingerprint density at radius 1 is 1.30 bits per heavy atom. The number of hydrogen-bond acceptors (Lipinski definition) is 6. The summed E-state index contributed by atoms with van der Waals surface area (Å²) < 4.78 is 5.19. The summed E-state index contributed by atoms with van der Waals surface area (Å²) in [4.78, 5) is 17.5. The first-order chi connectivity index (χ1) is 11.0. The molecule has 1 heterocycles. The molecule has 0 unspecified atom stereocenters. The van der Waals surface area contributed by atoms with Gasteiger partial charge < -0.3 is 14.9 Å². The summed E-state index contributed by atoms with van der Waals surface area (Å²) in [6.45, 7) is 5.90. The molecule has 1 aromatic heterocycles. The number of carbonyl (C=O) groups excluding carboxylic acids is 1. The minimum atomic E-state index is -0.356. The monoisotopic (exact) mass is 335 g/mol. The number of nitrogens with one attached hydrogen (secondary N) is 1. The van der Waals surface area contributed by atoms with Crippen molar-refractivity contribution in [2.24, 2.45) is 0 Å². The second kappa shape index (κ2) is 8.12. The maximum absolute atomic E-state index is 12.2. The van der Waals surface area contributed by atoms with E-state index in [4.69, 9.17) is 9.63 Å². The van der Waals surface area contributed by atoms with E-state index in [1.54, 1.807) is 30.8 Å². The molecular weight excluding hydrogens is 314 g/mol. The van der Waals surface area contributed by atoms with Crippen LogP contribution < -0.4 is 5.32 Å². The third-order valence-electron chi connectivity index (χ3n) is 3.17. The fraction of sp³-hybridized carbons (Fsp3) is 0.438. The van der Waals surface area contributed by atoms with Gasteiger partial charge in [0.1, 0.15) is 6.04 Å². The number of thioether (sulfide) groups is 1. The van der Waals surface area contributed by atoms with Crippen molar-refractivity contribution in [3.63, 3.8) is 0 Å². The van der Waals surface area contributed by atoms with Crippen LogP contribution in [0, 0.1) is 0 Å². The molecular formula is C16H21N3O3S. The normalized spacial score (nSPS) is 12.4. The van der Waals surface area contributed by atoms with E-state index in [1.165, 1.54) is 0 Å². The minimum Gasteiger partial charge on any atom is -0.396 e. The summed E-state index contributed by atoms with van der Waals surface area (Å²) in [5, 5.41) is 15.6. The first-order valence-electron chi connectivity index (χ1n) is 7.49. The zero-order chi connectivity index (χ0) is 16.8. The Morgan fingerprint density at radius 2 is 2.00 bits per heavy atom. The SMILES string of the molecule is CC(C)c1noc([C@@H](C)NC(=O)c2ccc(SCCO)cc2)n1. The van der Waals surface area contributed by atoms with E-state index >= 15 is 0 Å². The van der Waals surface area contributed by atoms with Crippen molar-refractivity contribution >= 4 is 17.7 Å². The van der Waals surface area contributed by atoms with Crippen LogP contribution in [-0.4, -0.2) is 33.5 Å². The molecule has 124 valence electrons. The highest BCUT2D eigenvalue weighted by atomic mass is 32.2. The number of nitrogens with zero attached hydrogens (tertiary/aromatic N) is 2. The van der Waals surface area contributed by atoms with Crippen LogP contribution in [-0.2, 0) is 0 Å². The van der Waals surface area contributed by atoms with Crippen molar-refractivity contribution in [2.75, 3.05) is 12.4 Å². The van der Waals surface area contributed by atoms with Gasteiger partial charge in [-0.05, 0) is 31.2 Å². The number of hydrogen-bond donors (Lipinski definition) is 2. The summed E-state index contributed by atoms with van der Waals surface area (Å²) in [5.74, 6) is 1.65. The number of carbonyl (C=O) groups is 1. The number of rotatable bonds is 7. The van der Waals surface area contributed by atoms with Crippen molar-refractivity contribution in [1.29, 1.82) is 0 Å². The minimum absolute atomic E-state index is 0.132. The highest BCUT2D eigenvalue weighted by Gasteiger charge is 2.18. The van der Waals surface area contributed by atoms with Crippen molar-refractivity contribution in [3.8, 4) is 0 Å². The Labute approximate surface area is 139 Å². The van der Waals surface area contributed by atoms with Gasteiger partial charge in [0.05, 0.1) is 6.61 Å². The molecule has 0 saturated heterocycles. The third-order valence-corrected chi connectivity index (χ3v) is 4.16. The van der Waals surface area contributed by atoms with Crippen molar-refractivity contribution in [2.45, 2.75) is 37.6 Å². The molecule has 6 nitrogen and oxygen atoms in total. The van der Waals surface area contributed by atoms with Crippen molar-refractivity contribution in [3.05, 3.63) is 41.5 Å². The maximum atomic E-state index is 12.2. The Kier molecular flexibility index (Phi) is 6.18. The number of aliphatic hydroxyl groups excluding tert-OH is 1. The van der Waals surface area contributed by atoms with Gasteiger partial charge in [-0.3, -0.25) is 4.79 Å². The molecule has 0 aliphatic carbocycles. The smallest absolute Gasteiger partial charge is 0.251 e. The molecule has 0 fully saturated rings. The number of benzene rings is 1. The summed E-state index contributed by atoms with van der Waals surface area (Å²) in [6.07, 6.45) is 0. The van der Waals surface area contributed by atoms with Crippen LogP contribution in [0.25, 0.3) is 0 Å². The fourth-order valence-electron chi connectivity index (χ4n) is 1.87. The molecule has 7 heteroatoms. The molecule has 0 radical (unpaired) electrons. The van der Waals surface area contributed by atoms with E-state index in [2.05, 4.69) is 15.5 Å². The lowest BCUT2D eigenvalue weighted by molar-refractivity contribution is 0.0932. The first-order valence-corrected chi connectivity index (χ1v) is 8.48. The Bertz CT molecular complexity index is 640. The van der Waals surface area contributed by atoms with Crippen molar-refractivity contribution < 1.29 is 14.4 Å². The lowest BCUT2D eigenvalue weighted by Gasteiger charge is -2.10. The quantitative estimate of drug-likeness (QED) is 0.757. The highest BCUT2D eigenvalue weighted by Crippen LogP contribution is 2.19. The molecule has 1 amide bonds. The zero-order valence-electron chi connectivity index (χ0n) is 13.4. The second-order valence-corrected chi connectivity index (χ2v) is 6.61. The summed E-state index contributed by atoms with van der Waals surface area (Å²) in [7, 11) is 0. The largest absolute Gasteiger partial charge is 0.396 e. The average molecular weight is 335 g/mol. The van der Waals surface area contributed by atoms with Gasteiger partial charge in [0.2, 0.25) is 5.89 Å². The van der Waals surface area contributed by atoms with Gasteiger partial charge in [-0.2, -0.15) is 4.98 Å². The van der Waals surface area contributed by atoms with E-state index in [1.807, 2.05) is 26.0 Å². The zero-order valence-corrected chi connectivity index (χ0v) is 14.3. The van der Waals surface area contributed by atoms with Gasteiger partial charge in [0.15, 0.2) is 5.82 Å². The topological polar surface area (TPSA) is 88.2 Å². The predicted molar refractivity (Wildman–Crippen MR) is 88.5 cm³/mol. The van der Waals surface area contributed by atoms with Crippen LogP contribution in [0.2, 0.25) is 0 Å². The third kappa shape index (κ3) is 4.80. The fourth-order valence-corrected chi connectivity index (χ4v) is 2.52. The van der Waals surface area contributed by atoms with Gasteiger partial charge in [0.25, 0.3) is 5.91 Å². The van der Waals surface area contributed by atoms with Gasteiger partial charge in [-0.1, -0.05) is 19.0 Å². The Morgan fingerprint density at radius 3 is 2.57 bits per heavy atom. The predicted octanol–water partition coefficient (Wildman–Crippen LogP) is 2.77. The molecule has 0 saturated carbocycles. The Balaban J connectivity index is 1.97. The second-order valence-electron chi connectivity index (χ2n) is 5.44. The van der Waals surface area contributed by atoms with E-state index in [9.17, 15) is 4.79 Å². The molecule has 0 spiro atoms. The first kappa shape index (κ1) is 17.5. The number of aliphatic hydroxyl groups is 1. The summed E-state index contributed by atoms with van der Waals surface area (Å²) in [6, 6.07) is 6.89. The van der Waals surface area contributed by atoms with Gasteiger partial charge >= 0.3 is 0 Å². The molecule has 1 aromatic carbocycles. The summed E-state index contributed by atoms with van der Waals surface area (Å²) >= 11 is 1.54. The lowest BCUT2D eigenvalue weighted by atomic mass is 10.2. The molecule has 0 aliphatic heterocycles. The van der Waals surface area contributed by atoms with E-state index in [0.717, 1.165) is 4.90 Å². The van der Waals surface area contributed by atoms with Crippen LogP contribution in [0.3, 0.4) is 0 Å². The molecule has 1 atom stereocenters. The van der Waals surface area contributed by atoms with Crippen LogP contribution in [0.15, 0.2) is 33.7 Å². The van der Waals surface area contributed by atoms with Crippen LogP contribution >= 0.6 is 11.8 Å². The van der Waals surface area contributed by atoms with Gasteiger partial charge in [0, 0.05) is 22.1 Å². The standard InChI is InChI=1S/C16H21N3O3S/c1-10(2)14-18-16(22-19-14)11(3)17-15(21)12-4-6-13(7-5-12)23-9-8-20/h4-7,10-11,20H,8-9H2,1-3H3,(H,17,21)/t11-/m1/s1. The Hall–Kier alpha value is -1.86. The van der Waals surface area contributed by atoms with E-state index in [-0.39, 0.29) is 24.5 Å².